The van der Waals surface area contributed by atoms with Gasteiger partial charge in [0.15, 0.2) is 0 Å². The van der Waals surface area contributed by atoms with Crippen molar-refractivity contribution in [2.75, 3.05) is 5.88 Å². The first-order valence-electron chi connectivity index (χ1n) is 3.53. The second-order valence-corrected chi connectivity index (χ2v) is 7.53. The van der Waals surface area contributed by atoms with E-state index in [2.05, 4.69) is 13.8 Å². The Morgan fingerprint density at radius 3 is 1.89 bits per heavy atom. The van der Waals surface area contributed by atoms with Gasteiger partial charge in [0.1, 0.15) is 8.24 Å². The minimum absolute atomic E-state index is 0.740. The summed E-state index contributed by atoms with van der Waals surface area (Å²) in [5.74, 6) is 0.740. The van der Waals surface area contributed by atoms with Gasteiger partial charge in [0.05, 0.1) is 0 Å². The van der Waals surface area contributed by atoms with Crippen molar-refractivity contribution in [3.05, 3.63) is 0 Å². The van der Waals surface area contributed by atoms with Crippen molar-refractivity contribution in [3.63, 3.8) is 0 Å². The van der Waals surface area contributed by atoms with Crippen molar-refractivity contribution in [2.24, 2.45) is 5.40 Å². The number of alkyl halides is 1. The maximum absolute atomic E-state index is 6.06. The van der Waals surface area contributed by atoms with Crippen LogP contribution in [0.2, 0.25) is 18.1 Å². The first kappa shape index (κ1) is 9.47. The lowest BCUT2D eigenvalue weighted by atomic mass is 10.9. The molecule has 9 heavy (non-hydrogen) atoms. The molecule has 0 aromatic heterocycles. The molecule has 0 spiro atoms. The molecule has 0 aliphatic heterocycles. The van der Waals surface area contributed by atoms with Crippen molar-refractivity contribution in [1.82, 2.24) is 0 Å². The lowest BCUT2D eigenvalue weighted by molar-refractivity contribution is 1.15. The van der Waals surface area contributed by atoms with Crippen LogP contribution in [-0.4, -0.2) is 14.1 Å². The second-order valence-electron chi connectivity index (χ2n) is 2.51. The van der Waals surface area contributed by atoms with Crippen LogP contribution in [0.25, 0.3) is 0 Å². The zero-order valence-electron chi connectivity index (χ0n) is 6.28. The summed E-state index contributed by atoms with van der Waals surface area (Å²) in [5, 5.41) is 6.06. The van der Waals surface area contributed by atoms with Gasteiger partial charge in [0.2, 0.25) is 0 Å². The summed E-state index contributed by atoms with van der Waals surface area (Å²) in [6, 6.07) is 3.40. The van der Waals surface area contributed by atoms with Gasteiger partial charge in [-0.15, -0.1) is 11.6 Å². The molecule has 2 N–H and O–H groups in total. The fraction of sp³-hybridized carbons (Fsp3) is 1.00. The van der Waals surface area contributed by atoms with E-state index in [4.69, 9.17) is 17.0 Å². The van der Waals surface area contributed by atoms with Crippen molar-refractivity contribution in [2.45, 2.75) is 32.0 Å². The van der Waals surface area contributed by atoms with Crippen molar-refractivity contribution < 1.29 is 0 Å². The minimum Gasteiger partial charge on any atom is -0.351 e. The monoisotopic (exact) mass is 165 g/mol. The summed E-state index contributed by atoms with van der Waals surface area (Å²) >= 11 is 5.60. The van der Waals surface area contributed by atoms with Gasteiger partial charge < -0.3 is 5.40 Å². The SMILES string of the molecule is CC[Si](N)(CC)CCCl. The molecule has 56 valence electrons. The molecule has 1 nitrogen and oxygen atoms in total. The van der Waals surface area contributed by atoms with E-state index < -0.39 is 8.24 Å². The quantitative estimate of drug-likeness (QED) is 0.502. The van der Waals surface area contributed by atoms with Crippen LogP contribution in [0.1, 0.15) is 13.8 Å². The first-order chi connectivity index (χ1) is 4.18. The van der Waals surface area contributed by atoms with Crippen LogP contribution in [0.5, 0.6) is 0 Å². The standard InChI is InChI=1S/C6H16ClNSi/c1-3-9(8,4-2)6-5-7/h3-6,8H2,1-2H3. The maximum atomic E-state index is 6.06. The van der Waals surface area contributed by atoms with Crippen LogP contribution in [0.4, 0.5) is 0 Å². The molecule has 0 saturated heterocycles. The Kier molecular flexibility index (Phi) is 4.53. The summed E-state index contributed by atoms with van der Waals surface area (Å²) in [7, 11) is -1.33. The Morgan fingerprint density at radius 2 is 1.78 bits per heavy atom. The highest BCUT2D eigenvalue weighted by Crippen LogP contribution is 2.13. The van der Waals surface area contributed by atoms with E-state index in [-0.39, 0.29) is 0 Å². The molecule has 0 aliphatic rings. The lowest BCUT2D eigenvalue weighted by Crippen LogP contribution is -2.44. The molecular formula is C6H16ClNSi. The van der Waals surface area contributed by atoms with Gasteiger partial charge in [-0.05, 0) is 18.1 Å². The fourth-order valence-corrected chi connectivity index (χ4v) is 3.50. The third kappa shape index (κ3) is 3.23. The Bertz CT molecular complexity index is 73.5. The third-order valence-corrected chi connectivity index (χ3v) is 6.57. The highest BCUT2D eigenvalue weighted by molar-refractivity contribution is 6.77. The minimum atomic E-state index is -1.33. The van der Waals surface area contributed by atoms with Crippen LogP contribution < -0.4 is 5.40 Å². The predicted molar refractivity (Wildman–Crippen MR) is 46.4 cm³/mol. The molecule has 0 amide bonds. The topological polar surface area (TPSA) is 26.0 Å². The summed E-state index contributed by atoms with van der Waals surface area (Å²) in [4.78, 5) is 0. The molecule has 0 fully saturated rings. The maximum Gasteiger partial charge on any atom is 0.123 e. The predicted octanol–water partition coefficient (Wildman–Crippen LogP) is 2.17. The summed E-state index contributed by atoms with van der Waals surface area (Å²) in [6.07, 6.45) is 0. The van der Waals surface area contributed by atoms with Crippen molar-refractivity contribution in [1.29, 1.82) is 0 Å². The molecule has 0 aliphatic carbocycles. The lowest BCUT2D eigenvalue weighted by Gasteiger charge is -2.21. The van der Waals surface area contributed by atoms with Crippen molar-refractivity contribution in [3.8, 4) is 0 Å². The van der Waals surface area contributed by atoms with E-state index in [1.165, 1.54) is 0 Å². The number of hydrogen-bond donors (Lipinski definition) is 1. The Hall–Kier alpha value is 0.467. The molecule has 3 heteroatoms. The fourth-order valence-electron chi connectivity index (χ4n) is 0.792. The molecule has 0 aromatic carbocycles. The van der Waals surface area contributed by atoms with E-state index in [1.54, 1.807) is 0 Å². The Labute approximate surface area is 63.7 Å². The summed E-state index contributed by atoms with van der Waals surface area (Å²) < 4.78 is 0. The van der Waals surface area contributed by atoms with Gasteiger partial charge in [-0.2, -0.15) is 0 Å². The number of nitrogens with two attached hydrogens (primary N) is 1. The zero-order chi connectivity index (χ0) is 7.33. The Morgan fingerprint density at radius 1 is 1.33 bits per heavy atom. The molecule has 0 heterocycles. The average molecular weight is 166 g/mol. The average Bonchev–Trinajstić information content (AvgIpc) is 1.89. The highest BCUT2D eigenvalue weighted by atomic mass is 35.5. The van der Waals surface area contributed by atoms with Crippen LogP contribution in [-0.2, 0) is 0 Å². The molecular weight excluding hydrogens is 150 g/mol. The number of rotatable bonds is 4. The summed E-state index contributed by atoms with van der Waals surface area (Å²) in [5.41, 5.74) is 0. The molecule has 0 rings (SSSR count). The normalized spacial score (nSPS) is 12.0. The van der Waals surface area contributed by atoms with Gasteiger partial charge in [-0.3, -0.25) is 0 Å². The largest absolute Gasteiger partial charge is 0.351 e. The number of halogens is 1. The molecule has 0 radical (unpaired) electrons. The van der Waals surface area contributed by atoms with E-state index in [9.17, 15) is 0 Å². The van der Waals surface area contributed by atoms with Crippen LogP contribution in [0.3, 0.4) is 0 Å². The van der Waals surface area contributed by atoms with Crippen LogP contribution in [0, 0.1) is 0 Å². The molecule has 0 aromatic rings. The first-order valence-corrected chi connectivity index (χ1v) is 6.76. The van der Waals surface area contributed by atoms with Gasteiger partial charge in [0, 0.05) is 5.88 Å². The molecule has 0 saturated carbocycles. The van der Waals surface area contributed by atoms with E-state index >= 15 is 0 Å². The van der Waals surface area contributed by atoms with Crippen LogP contribution >= 0.6 is 11.6 Å². The molecule has 0 bridgehead atoms. The second kappa shape index (κ2) is 4.31. The zero-order valence-corrected chi connectivity index (χ0v) is 8.04. The smallest absolute Gasteiger partial charge is 0.123 e. The van der Waals surface area contributed by atoms with Gasteiger partial charge in [0.25, 0.3) is 0 Å². The van der Waals surface area contributed by atoms with E-state index in [0.717, 1.165) is 24.0 Å². The van der Waals surface area contributed by atoms with Gasteiger partial charge in [-0.1, -0.05) is 13.8 Å². The Balaban J connectivity index is 3.62. The van der Waals surface area contributed by atoms with Crippen molar-refractivity contribution >= 4 is 19.8 Å². The summed E-state index contributed by atoms with van der Waals surface area (Å²) in [6.45, 7) is 4.34. The molecule has 0 atom stereocenters. The third-order valence-electron chi connectivity index (χ3n) is 2.00. The highest BCUT2D eigenvalue weighted by Gasteiger charge is 2.21. The van der Waals surface area contributed by atoms with Gasteiger partial charge >= 0.3 is 0 Å². The molecule has 0 unspecified atom stereocenters. The van der Waals surface area contributed by atoms with Gasteiger partial charge in [-0.25, -0.2) is 0 Å². The van der Waals surface area contributed by atoms with E-state index in [1.807, 2.05) is 0 Å². The van der Waals surface area contributed by atoms with Crippen LogP contribution in [0.15, 0.2) is 0 Å². The number of hydrogen-bond acceptors (Lipinski definition) is 1. The van der Waals surface area contributed by atoms with E-state index in [0.29, 0.717) is 0 Å².